The van der Waals surface area contributed by atoms with Crippen LogP contribution in [0.4, 0.5) is 0 Å². The standard InChI is InChI=1S/C24H31BrN2O2S/c1-5-10-26-24(29)19(4)27(14-20-6-8-22(25)9-7-20)23(28)16-30-15-21-12-17(2)11-18(3)13-21/h6-9,11-13,19H,5,10,14-16H2,1-4H3,(H,26,29)/t19-/m1/s1. The average molecular weight is 491 g/mol. The largest absolute Gasteiger partial charge is 0.354 e. The van der Waals surface area contributed by atoms with Crippen molar-refractivity contribution < 1.29 is 9.59 Å². The molecule has 0 aromatic heterocycles. The number of rotatable bonds is 10. The Balaban J connectivity index is 2.06. The van der Waals surface area contributed by atoms with Gasteiger partial charge in [0.15, 0.2) is 0 Å². The van der Waals surface area contributed by atoms with Gasteiger partial charge in [0.1, 0.15) is 6.04 Å². The summed E-state index contributed by atoms with van der Waals surface area (Å²) in [6, 6.07) is 13.8. The molecule has 4 nitrogen and oxygen atoms in total. The van der Waals surface area contributed by atoms with Crippen LogP contribution in [0.15, 0.2) is 46.9 Å². The lowest BCUT2D eigenvalue weighted by atomic mass is 10.1. The minimum absolute atomic E-state index is 0.0218. The van der Waals surface area contributed by atoms with Gasteiger partial charge >= 0.3 is 0 Å². The molecule has 0 fully saturated rings. The van der Waals surface area contributed by atoms with Crippen molar-refractivity contribution in [1.82, 2.24) is 10.2 Å². The van der Waals surface area contributed by atoms with Crippen LogP contribution in [-0.4, -0.2) is 35.1 Å². The van der Waals surface area contributed by atoms with Crippen LogP contribution in [0.5, 0.6) is 0 Å². The molecular formula is C24H31BrN2O2S. The van der Waals surface area contributed by atoms with E-state index in [2.05, 4.69) is 53.3 Å². The van der Waals surface area contributed by atoms with E-state index in [0.717, 1.165) is 22.2 Å². The number of carbonyl (C=O) groups excluding carboxylic acids is 2. The van der Waals surface area contributed by atoms with Gasteiger partial charge in [0.25, 0.3) is 0 Å². The first kappa shape index (κ1) is 24.5. The van der Waals surface area contributed by atoms with E-state index < -0.39 is 6.04 Å². The molecule has 0 radical (unpaired) electrons. The maximum absolute atomic E-state index is 13.1. The topological polar surface area (TPSA) is 49.4 Å². The van der Waals surface area contributed by atoms with E-state index in [4.69, 9.17) is 0 Å². The molecule has 0 saturated heterocycles. The summed E-state index contributed by atoms with van der Waals surface area (Å²) < 4.78 is 0.988. The second kappa shape index (κ2) is 12.2. The Morgan fingerprint density at radius 2 is 1.70 bits per heavy atom. The van der Waals surface area contributed by atoms with Crippen LogP contribution in [0.2, 0.25) is 0 Å². The smallest absolute Gasteiger partial charge is 0.242 e. The molecule has 0 heterocycles. The summed E-state index contributed by atoms with van der Waals surface area (Å²) in [5, 5.41) is 2.91. The predicted molar refractivity (Wildman–Crippen MR) is 130 cm³/mol. The minimum atomic E-state index is -0.519. The van der Waals surface area contributed by atoms with E-state index >= 15 is 0 Å². The molecule has 2 aromatic rings. The number of carbonyl (C=O) groups is 2. The SMILES string of the molecule is CCCNC(=O)[C@@H](C)N(Cc1ccc(Br)cc1)C(=O)CSCc1cc(C)cc(C)c1. The van der Waals surface area contributed by atoms with E-state index in [1.165, 1.54) is 16.7 Å². The van der Waals surface area contributed by atoms with Crippen LogP contribution in [-0.2, 0) is 21.9 Å². The van der Waals surface area contributed by atoms with Crippen molar-refractivity contribution in [3.05, 3.63) is 69.2 Å². The highest BCUT2D eigenvalue weighted by Crippen LogP contribution is 2.19. The molecule has 30 heavy (non-hydrogen) atoms. The summed E-state index contributed by atoms with van der Waals surface area (Å²) in [4.78, 5) is 27.3. The van der Waals surface area contributed by atoms with E-state index in [9.17, 15) is 9.59 Å². The third-order valence-corrected chi connectivity index (χ3v) is 6.28. The number of amides is 2. The summed E-state index contributed by atoms with van der Waals surface area (Å²) >= 11 is 5.03. The zero-order valence-electron chi connectivity index (χ0n) is 18.2. The second-order valence-corrected chi connectivity index (χ2v) is 9.51. The zero-order chi connectivity index (χ0) is 22.1. The fourth-order valence-corrected chi connectivity index (χ4v) is 4.37. The maximum Gasteiger partial charge on any atom is 0.242 e. The lowest BCUT2D eigenvalue weighted by Gasteiger charge is -2.28. The number of hydrogen-bond acceptors (Lipinski definition) is 3. The Morgan fingerprint density at radius 3 is 2.30 bits per heavy atom. The number of nitrogens with one attached hydrogen (secondary N) is 1. The lowest BCUT2D eigenvalue weighted by molar-refractivity contribution is -0.138. The second-order valence-electron chi connectivity index (χ2n) is 7.60. The van der Waals surface area contributed by atoms with Crippen LogP contribution in [0.25, 0.3) is 0 Å². The molecule has 2 aromatic carbocycles. The van der Waals surface area contributed by atoms with Crippen LogP contribution >= 0.6 is 27.7 Å². The summed E-state index contributed by atoms with van der Waals surface area (Å²) in [5.74, 6) is 0.985. The van der Waals surface area contributed by atoms with Gasteiger partial charge in [-0.2, -0.15) is 0 Å². The molecule has 0 bridgehead atoms. The zero-order valence-corrected chi connectivity index (χ0v) is 20.6. The number of aryl methyl sites for hydroxylation is 2. The third kappa shape index (κ3) is 7.80. The first-order chi connectivity index (χ1) is 14.3. The minimum Gasteiger partial charge on any atom is -0.354 e. The number of halogens is 1. The van der Waals surface area contributed by atoms with Gasteiger partial charge in [0.2, 0.25) is 11.8 Å². The summed E-state index contributed by atoms with van der Waals surface area (Å²) in [6.45, 7) is 9.02. The Bertz CT molecular complexity index is 835. The fraction of sp³-hybridized carbons (Fsp3) is 0.417. The molecule has 162 valence electrons. The Labute approximate surface area is 192 Å². The van der Waals surface area contributed by atoms with Crippen LogP contribution in [0, 0.1) is 13.8 Å². The van der Waals surface area contributed by atoms with Crippen molar-refractivity contribution in [1.29, 1.82) is 0 Å². The van der Waals surface area contributed by atoms with E-state index in [1.807, 2.05) is 31.2 Å². The molecule has 0 spiro atoms. The van der Waals surface area contributed by atoms with Gasteiger partial charge in [0.05, 0.1) is 5.75 Å². The van der Waals surface area contributed by atoms with E-state index in [0.29, 0.717) is 18.8 Å². The number of hydrogen-bond donors (Lipinski definition) is 1. The quantitative estimate of drug-likeness (QED) is 0.495. The van der Waals surface area contributed by atoms with Crippen LogP contribution in [0.1, 0.15) is 42.5 Å². The number of nitrogens with zero attached hydrogens (tertiary/aromatic N) is 1. The van der Waals surface area contributed by atoms with Gasteiger partial charge in [-0.1, -0.05) is 64.3 Å². The highest BCUT2D eigenvalue weighted by molar-refractivity contribution is 9.10. The molecule has 2 rings (SSSR count). The van der Waals surface area contributed by atoms with Crippen molar-refractivity contribution in [2.45, 2.75) is 52.5 Å². The first-order valence-electron chi connectivity index (χ1n) is 10.3. The molecule has 0 unspecified atom stereocenters. The van der Waals surface area contributed by atoms with Gasteiger partial charge in [0, 0.05) is 23.3 Å². The lowest BCUT2D eigenvalue weighted by Crippen LogP contribution is -2.48. The van der Waals surface area contributed by atoms with Crippen LogP contribution in [0.3, 0.4) is 0 Å². The van der Waals surface area contributed by atoms with E-state index in [-0.39, 0.29) is 11.8 Å². The molecule has 0 aliphatic carbocycles. The molecule has 1 atom stereocenters. The monoisotopic (exact) mass is 490 g/mol. The summed E-state index contributed by atoms with van der Waals surface area (Å²) in [6.07, 6.45) is 0.866. The molecule has 0 aliphatic rings. The summed E-state index contributed by atoms with van der Waals surface area (Å²) in [7, 11) is 0. The average Bonchev–Trinajstić information content (AvgIpc) is 2.70. The Morgan fingerprint density at radius 1 is 1.07 bits per heavy atom. The Hall–Kier alpha value is -1.79. The molecule has 2 amide bonds. The van der Waals surface area contributed by atoms with Gasteiger partial charge < -0.3 is 10.2 Å². The highest BCUT2D eigenvalue weighted by Gasteiger charge is 2.25. The van der Waals surface area contributed by atoms with Crippen molar-refractivity contribution in [2.24, 2.45) is 0 Å². The van der Waals surface area contributed by atoms with Crippen molar-refractivity contribution in [3.63, 3.8) is 0 Å². The molecule has 1 N–H and O–H groups in total. The van der Waals surface area contributed by atoms with Crippen molar-refractivity contribution >= 4 is 39.5 Å². The fourth-order valence-electron chi connectivity index (χ4n) is 3.26. The van der Waals surface area contributed by atoms with Gasteiger partial charge in [-0.05, 0) is 50.5 Å². The first-order valence-corrected chi connectivity index (χ1v) is 12.2. The molecule has 6 heteroatoms. The molecular weight excluding hydrogens is 460 g/mol. The van der Waals surface area contributed by atoms with Gasteiger partial charge in [-0.3, -0.25) is 9.59 Å². The van der Waals surface area contributed by atoms with Gasteiger partial charge in [-0.15, -0.1) is 11.8 Å². The van der Waals surface area contributed by atoms with Crippen molar-refractivity contribution in [2.75, 3.05) is 12.3 Å². The van der Waals surface area contributed by atoms with Crippen molar-refractivity contribution in [3.8, 4) is 0 Å². The number of benzene rings is 2. The molecule has 0 aliphatic heterocycles. The van der Waals surface area contributed by atoms with Gasteiger partial charge in [-0.25, -0.2) is 0 Å². The maximum atomic E-state index is 13.1. The van der Waals surface area contributed by atoms with E-state index in [1.54, 1.807) is 23.6 Å². The normalized spacial score (nSPS) is 11.8. The third-order valence-electron chi connectivity index (χ3n) is 4.76. The number of thioether (sulfide) groups is 1. The van der Waals surface area contributed by atoms with Crippen LogP contribution < -0.4 is 5.32 Å². The predicted octanol–water partition coefficient (Wildman–Crippen LogP) is 5.24. The molecule has 0 saturated carbocycles. The summed E-state index contributed by atoms with van der Waals surface area (Å²) in [5.41, 5.74) is 4.68. The highest BCUT2D eigenvalue weighted by atomic mass is 79.9. The Kier molecular flexibility index (Phi) is 9.92.